The topological polar surface area (TPSA) is 26.3 Å². The third kappa shape index (κ3) is 3.92. The van der Waals surface area contributed by atoms with Crippen LogP contribution in [0.1, 0.15) is 46.1 Å². The van der Waals surface area contributed by atoms with E-state index in [1.165, 1.54) is 18.3 Å². The Balaban J connectivity index is 0.000000791. The normalized spacial score (nSPS) is 9.29. The smallest absolute Gasteiger partial charge is 0.308 e. The molecule has 14 heavy (non-hydrogen) atoms. The number of ether oxygens (including phenoxy) is 1. The molecule has 0 fully saturated rings. The van der Waals surface area contributed by atoms with Gasteiger partial charge in [0.2, 0.25) is 0 Å². The summed E-state index contributed by atoms with van der Waals surface area (Å²) >= 11 is 1.46. The summed E-state index contributed by atoms with van der Waals surface area (Å²) in [6.07, 6.45) is 0. The van der Waals surface area contributed by atoms with Gasteiger partial charge in [-0.25, -0.2) is 0 Å². The highest BCUT2D eigenvalue weighted by Gasteiger charge is 2.10. The zero-order valence-electron chi connectivity index (χ0n) is 9.46. The van der Waals surface area contributed by atoms with Gasteiger partial charge in [-0.15, -0.1) is 11.3 Å². The first-order chi connectivity index (χ1) is 6.61. The Kier molecular flexibility index (Phi) is 6.21. The molecule has 0 N–H and O–H groups in total. The van der Waals surface area contributed by atoms with Crippen LogP contribution in [0, 0.1) is 0 Å². The molecule has 0 atom stereocenters. The van der Waals surface area contributed by atoms with E-state index in [-0.39, 0.29) is 5.97 Å². The molecule has 0 radical (unpaired) electrons. The minimum absolute atomic E-state index is 0.251. The molecule has 0 aliphatic rings. The Bertz CT molecular complexity index is 277. The van der Waals surface area contributed by atoms with Crippen LogP contribution in [0.15, 0.2) is 11.4 Å². The number of hydrogen-bond acceptors (Lipinski definition) is 3. The van der Waals surface area contributed by atoms with Crippen LogP contribution >= 0.6 is 11.3 Å². The van der Waals surface area contributed by atoms with Crippen LogP contribution in [-0.2, 0) is 4.79 Å². The Morgan fingerprint density at radius 2 is 2.00 bits per heavy atom. The minimum atomic E-state index is -0.251. The number of hydrogen-bond donors (Lipinski definition) is 0. The van der Waals surface area contributed by atoms with Gasteiger partial charge in [0.25, 0.3) is 0 Å². The Morgan fingerprint density at radius 1 is 1.43 bits per heavy atom. The number of carbonyl (C=O) groups is 1. The Hall–Kier alpha value is -0.830. The van der Waals surface area contributed by atoms with Crippen molar-refractivity contribution < 1.29 is 9.53 Å². The second kappa shape index (κ2) is 6.60. The molecule has 0 aliphatic carbocycles. The van der Waals surface area contributed by atoms with E-state index in [4.69, 9.17) is 4.74 Å². The SMILES string of the molecule is CC.CC(=O)Oc1sccc1C(C)C. The largest absolute Gasteiger partial charge is 0.415 e. The quantitative estimate of drug-likeness (QED) is 0.699. The van der Waals surface area contributed by atoms with Crippen LogP contribution in [0.25, 0.3) is 0 Å². The van der Waals surface area contributed by atoms with Gasteiger partial charge >= 0.3 is 5.97 Å². The number of esters is 1. The molecule has 0 saturated heterocycles. The van der Waals surface area contributed by atoms with Gasteiger partial charge in [-0.2, -0.15) is 0 Å². The van der Waals surface area contributed by atoms with E-state index >= 15 is 0 Å². The first kappa shape index (κ1) is 13.2. The monoisotopic (exact) mass is 214 g/mol. The van der Waals surface area contributed by atoms with E-state index in [0.717, 1.165) is 10.6 Å². The minimum Gasteiger partial charge on any atom is -0.415 e. The van der Waals surface area contributed by atoms with Crippen LogP contribution in [0.5, 0.6) is 5.06 Å². The first-order valence-electron chi connectivity index (χ1n) is 4.87. The summed E-state index contributed by atoms with van der Waals surface area (Å²) in [5, 5.41) is 2.67. The lowest BCUT2D eigenvalue weighted by Gasteiger charge is -2.05. The van der Waals surface area contributed by atoms with Gasteiger partial charge in [0.05, 0.1) is 0 Å². The Morgan fingerprint density at radius 3 is 2.43 bits per heavy atom. The van der Waals surface area contributed by atoms with Crippen molar-refractivity contribution in [1.29, 1.82) is 0 Å². The van der Waals surface area contributed by atoms with Gasteiger partial charge in [0.15, 0.2) is 5.06 Å². The van der Waals surface area contributed by atoms with Crippen molar-refractivity contribution in [2.45, 2.75) is 40.5 Å². The third-order valence-electron chi connectivity index (χ3n) is 1.52. The Labute approximate surface area is 89.9 Å². The average Bonchev–Trinajstić information content (AvgIpc) is 2.55. The van der Waals surface area contributed by atoms with Crippen molar-refractivity contribution in [3.63, 3.8) is 0 Å². The standard InChI is InChI=1S/C9H12O2S.C2H6/c1-6(2)8-4-5-12-9(8)11-7(3)10;1-2/h4-6H,1-3H3;1-2H3. The molecule has 1 rings (SSSR count). The lowest BCUT2D eigenvalue weighted by Crippen LogP contribution is -2.02. The summed E-state index contributed by atoms with van der Waals surface area (Å²) in [7, 11) is 0. The molecule has 3 heteroatoms. The van der Waals surface area contributed by atoms with E-state index < -0.39 is 0 Å². The van der Waals surface area contributed by atoms with Crippen molar-refractivity contribution in [3.8, 4) is 5.06 Å². The molecule has 80 valence electrons. The van der Waals surface area contributed by atoms with E-state index in [1.54, 1.807) is 0 Å². The second-order valence-corrected chi connectivity index (χ2v) is 3.79. The van der Waals surface area contributed by atoms with Gasteiger partial charge in [-0.1, -0.05) is 27.7 Å². The summed E-state index contributed by atoms with van der Waals surface area (Å²) in [5.74, 6) is 0.157. The summed E-state index contributed by atoms with van der Waals surface area (Å²) in [5.41, 5.74) is 1.11. The number of rotatable bonds is 2. The summed E-state index contributed by atoms with van der Waals surface area (Å²) in [6.45, 7) is 9.58. The van der Waals surface area contributed by atoms with Crippen LogP contribution in [0.4, 0.5) is 0 Å². The second-order valence-electron chi connectivity index (χ2n) is 2.91. The zero-order chi connectivity index (χ0) is 11.1. The summed E-state index contributed by atoms with van der Waals surface area (Å²) in [4.78, 5) is 10.7. The van der Waals surface area contributed by atoms with E-state index in [1.807, 2.05) is 25.3 Å². The maximum absolute atomic E-state index is 10.7. The predicted molar refractivity (Wildman–Crippen MR) is 61.1 cm³/mol. The van der Waals surface area contributed by atoms with Crippen molar-refractivity contribution in [3.05, 3.63) is 17.0 Å². The molecule has 2 nitrogen and oxygen atoms in total. The van der Waals surface area contributed by atoms with E-state index in [0.29, 0.717) is 5.92 Å². The molecule has 0 unspecified atom stereocenters. The van der Waals surface area contributed by atoms with Gasteiger partial charge in [-0.3, -0.25) is 4.79 Å². The number of carbonyl (C=O) groups excluding carboxylic acids is 1. The van der Waals surface area contributed by atoms with Gasteiger partial charge in [0.1, 0.15) is 0 Å². The maximum Gasteiger partial charge on any atom is 0.308 e. The molecule has 1 aromatic rings. The van der Waals surface area contributed by atoms with Crippen molar-refractivity contribution in [1.82, 2.24) is 0 Å². The zero-order valence-corrected chi connectivity index (χ0v) is 10.3. The van der Waals surface area contributed by atoms with Gasteiger partial charge < -0.3 is 4.74 Å². The predicted octanol–water partition coefficient (Wildman–Crippen LogP) is 3.82. The van der Waals surface area contributed by atoms with Gasteiger partial charge in [0, 0.05) is 12.5 Å². The third-order valence-corrected chi connectivity index (χ3v) is 2.32. The molecule has 0 bridgehead atoms. The van der Waals surface area contributed by atoms with Crippen LogP contribution in [0.3, 0.4) is 0 Å². The first-order valence-corrected chi connectivity index (χ1v) is 5.75. The van der Waals surface area contributed by atoms with Crippen LogP contribution < -0.4 is 4.74 Å². The van der Waals surface area contributed by atoms with Crippen molar-refractivity contribution >= 4 is 17.3 Å². The highest BCUT2D eigenvalue weighted by atomic mass is 32.1. The van der Waals surface area contributed by atoms with E-state index in [2.05, 4.69) is 13.8 Å². The van der Waals surface area contributed by atoms with Crippen molar-refractivity contribution in [2.75, 3.05) is 0 Å². The molecule has 0 aromatic carbocycles. The molecule has 0 spiro atoms. The van der Waals surface area contributed by atoms with Gasteiger partial charge in [-0.05, 0) is 17.4 Å². The summed E-state index contributed by atoms with van der Waals surface area (Å²) < 4.78 is 5.03. The van der Waals surface area contributed by atoms with Crippen molar-refractivity contribution in [2.24, 2.45) is 0 Å². The molecule has 0 saturated carbocycles. The molecular formula is C11H18O2S. The number of thiophene rings is 1. The highest BCUT2D eigenvalue weighted by molar-refractivity contribution is 7.12. The fourth-order valence-electron chi connectivity index (χ4n) is 0.947. The van der Waals surface area contributed by atoms with E-state index in [9.17, 15) is 4.79 Å². The fraction of sp³-hybridized carbons (Fsp3) is 0.545. The van der Waals surface area contributed by atoms with Crippen LogP contribution in [0.2, 0.25) is 0 Å². The highest BCUT2D eigenvalue weighted by Crippen LogP contribution is 2.31. The average molecular weight is 214 g/mol. The fourth-order valence-corrected chi connectivity index (χ4v) is 1.89. The molecular weight excluding hydrogens is 196 g/mol. The molecule has 1 aromatic heterocycles. The molecule has 0 aliphatic heterocycles. The summed E-state index contributed by atoms with van der Waals surface area (Å²) in [6, 6.07) is 1.99. The maximum atomic E-state index is 10.7. The molecule has 0 amide bonds. The van der Waals surface area contributed by atoms with Crippen LogP contribution in [-0.4, -0.2) is 5.97 Å². The lowest BCUT2D eigenvalue weighted by atomic mass is 10.1. The molecule has 1 heterocycles. The lowest BCUT2D eigenvalue weighted by molar-refractivity contribution is -0.131.